The number of aromatic nitrogens is 2. The van der Waals surface area contributed by atoms with Crippen molar-refractivity contribution in [3.05, 3.63) is 57.5 Å². The molecule has 2 N–H and O–H groups in total. The van der Waals surface area contributed by atoms with Crippen LogP contribution in [-0.2, 0) is 10.9 Å². The molecule has 1 aliphatic rings. The van der Waals surface area contributed by atoms with Crippen LogP contribution in [0.1, 0.15) is 61.8 Å². The Balaban J connectivity index is 0.00000129. The maximum Gasteiger partial charge on any atom is 0.416 e. The molecule has 1 aromatic carbocycles. The fourth-order valence-corrected chi connectivity index (χ4v) is 3.71. The molecule has 0 bridgehead atoms. The van der Waals surface area contributed by atoms with Crippen molar-refractivity contribution in [2.24, 2.45) is 11.3 Å². The second-order valence-electron chi connectivity index (χ2n) is 9.59. The van der Waals surface area contributed by atoms with Crippen LogP contribution < -0.4 is 15.8 Å². The van der Waals surface area contributed by atoms with Gasteiger partial charge in [0, 0.05) is 33.4 Å². The van der Waals surface area contributed by atoms with E-state index in [0.717, 1.165) is 37.7 Å². The van der Waals surface area contributed by atoms with E-state index in [-0.39, 0.29) is 5.69 Å². The average molecular weight is 483 g/mol. The van der Waals surface area contributed by atoms with Crippen LogP contribution in [0.4, 0.5) is 19.1 Å². The summed E-state index contributed by atoms with van der Waals surface area (Å²) in [5, 5.41) is 2.85. The van der Waals surface area contributed by atoms with Crippen molar-refractivity contribution in [2.75, 3.05) is 32.2 Å². The van der Waals surface area contributed by atoms with Gasteiger partial charge < -0.3 is 15.0 Å². The number of hydrogen-bond donors (Lipinski definition) is 2. The fourth-order valence-electron chi connectivity index (χ4n) is 3.71. The van der Waals surface area contributed by atoms with Gasteiger partial charge in [-0.1, -0.05) is 39.8 Å². The molecule has 0 spiro atoms. The number of carbonyl (C=O) groups is 1. The summed E-state index contributed by atoms with van der Waals surface area (Å²) in [7, 11) is 3.25. The van der Waals surface area contributed by atoms with Gasteiger partial charge in [0.15, 0.2) is 0 Å². The van der Waals surface area contributed by atoms with E-state index in [9.17, 15) is 22.8 Å². The summed E-state index contributed by atoms with van der Waals surface area (Å²) in [6, 6.07) is 5.27. The Morgan fingerprint density at radius 2 is 1.79 bits per heavy atom. The Hall–Kier alpha value is -2.88. The summed E-state index contributed by atoms with van der Waals surface area (Å²) >= 11 is 0. The highest BCUT2D eigenvalue weighted by molar-refractivity contribution is 5.92. The highest BCUT2D eigenvalue weighted by Crippen LogP contribution is 2.35. The third-order valence-corrected chi connectivity index (χ3v) is 5.40. The van der Waals surface area contributed by atoms with Gasteiger partial charge >= 0.3 is 6.18 Å². The summed E-state index contributed by atoms with van der Waals surface area (Å²) in [6.07, 6.45) is -3.46. The van der Waals surface area contributed by atoms with Crippen molar-refractivity contribution in [3.8, 4) is 0 Å². The number of amides is 1. The predicted molar refractivity (Wildman–Crippen MR) is 125 cm³/mol. The molecule has 1 aromatic heterocycles. The van der Waals surface area contributed by atoms with Gasteiger partial charge in [-0.2, -0.15) is 13.2 Å². The van der Waals surface area contributed by atoms with Gasteiger partial charge in [0.2, 0.25) is 5.95 Å². The largest absolute Gasteiger partial charge is 0.416 e. The van der Waals surface area contributed by atoms with Crippen LogP contribution in [0.3, 0.4) is 0 Å². The van der Waals surface area contributed by atoms with Crippen LogP contribution in [0.15, 0.2) is 35.1 Å². The number of ether oxygens (including phenoxy) is 1. The highest BCUT2D eigenvalue weighted by atomic mass is 19.4. The Morgan fingerprint density at radius 3 is 2.26 bits per heavy atom. The molecule has 1 fully saturated rings. The highest BCUT2D eigenvalue weighted by Gasteiger charge is 2.33. The number of benzene rings is 1. The maximum atomic E-state index is 13.0. The smallest absolute Gasteiger partial charge is 0.388 e. The summed E-state index contributed by atoms with van der Waals surface area (Å²) in [5.74, 6) is 0.260. The quantitative estimate of drug-likeness (QED) is 0.674. The van der Waals surface area contributed by atoms with E-state index in [1.165, 1.54) is 12.1 Å². The van der Waals surface area contributed by atoms with E-state index in [2.05, 4.69) is 26.9 Å². The number of anilines is 1. The van der Waals surface area contributed by atoms with E-state index in [0.29, 0.717) is 17.4 Å². The van der Waals surface area contributed by atoms with E-state index >= 15 is 0 Å². The molecule has 1 unspecified atom stereocenters. The Bertz CT molecular complexity index is 1010. The molecule has 34 heavy (non-hydrogen) atoms. The van der Waals surface area contributed by atoms with E-state index < -0.39 is 34.7 Å². The van der Waals surface area contributed by atoms with Crippen molar-refractivity contribution in [1.29, 1.82) is 0 Å². The second-order valence-corrected chi connectivity index (χ2v) is 9.59. The monoisotopic (exact) mass is 482 g/mol. The summed E-state index contributed by atoms with van der Waals surface area (Å²) in [6.45, 7) is 9.20. The maximum absolute atomic E-state index is 13.0. The lowest BCUT2D eigenvalue weighted by Gasteiger charge is -2.32. The minimum atomic E-state index is -4.43. The average Bonchev–Trinajstić information content (AvgIpc) is 3.17. The van der Waals surface area contributed by atoms with Crippen molar-refractivity contribution in [1.82, 2.24) is 15.3 Å². The molecular formula is C24H33F3N4O3. The topological polar surface area (TPSA) is 87.3 Å². The van der Waals surface area contributed by atoms with E-state index in [1.54, 1.807) is 14.2 Å². The first-order valence-electron chi connectivity index (χ1n) is 11.0. The lowest BCUT2D eigenvalue weighted by Crippen LogP contribution is -2.38. The molecule has 3 rings (SSSR count). The molecule has 7 nitrogen and oxygen atoms in total. The zero-order valence-corrected chi connectivity index (χ0v) is 20.4. The molecule has 0 radical (unpaired) electrons. The molecule has 2 heterocycles. The van der Waals surface area contributed by atoms with Crippen LogP contribution >= 0.6 is 0 Å². The number of alkyl halides is 3. The molecule has 0 aliphatic carbocycles. The number of nitrogens with zero attached hydrogens (tertiary/aromatic N) is 2. The lowest BCUT2D eigenvalue weighted by atomic mass is 9.82. The molecule has 1 aliphatic heterocycles. The number of methoxy groups -OCH3 is 1. The zero-order chi connectivity index (χ0) is 25.7. The minimum Gasteiger partial charge on any atom is -0.388 e. The van der Waals surface area contributed by atoms with Gasteiger partial charge in [-0.25, -0.2) is 4.98 Å². The summed E-state index contributed by atoms with van der Waals surface area (Å²) < 4.78 is 42.9. The Morgan fingerprint density at radius 1 is 1.21 bits per heavy atom. The first-order valence-corrected chi connectivity index (χ1v) is 11.0. The molecule has 1 amide bonds. The third kappa shape index (κ3) is 7.31. The first-order chi connectivity index (χ1) is 15.8. The molecule has 188 valence electrons. The Kier molecular flexibility index (Phi) is 8.88. The van der Waals surface area contributed by atoms with Gasteiger partial charge in [-0.05, 0) is 35.4 Å². The van der Waals surface area contributed by atoms with Crippen LogP contribution in [0, 0.1) is 11.3 Å². The Labute approximate surface area is 197 Å². The number of carbonyl (C=O) groups excluding carboxylic acids is 1. The molecular weight excluding hydrogens is 449 g/mol. The van der Waals surface area contributed by atoms with Crippen molar-refractivity contribution in [2.45, 2.75) is 46.3 Å². The lowest BCUT2D eigenvalue weighted by molar-refractivity contribution is -0.137. The molecule has 1 saturated heterocycles. The van der Waals surface area contributed by atoms with Gasteiger partial charge in [-0.3, -0.25) is 14.6 Å². The number of nitrogens with one attached hydrogen (secondary N) is 2. The number of halogens is 3. The van der Waals surface area contributed by atoms with Crippen LogP contribution in [0.2, 0.25) is 0 Å². The normalized spacial score (nSPS) is 17.1. The van der Waals surface area contributed by atoms with Gasteiger partial charge in [0.25, 0.3) is 11.5 Å². The fraction of sp³-hybridized carbons (Fsp3) is 0.542. The molecule has 2 aromatic rings. The van der Waals surface area contributed by atoms with Crippen molar-refractivity contribution >= 4 is 11.9 Å². The van der Waals surface area contributed by atoms with Gasteiger partial charge in [0.05, 0.1) is 11.6 Å². The first kappa shape index (κ1) is 27.4. The number of aromatic amines is 1. The van der Waals surface area contributed by atoms with E-state index in [4.69, 9.17) is 0 Å². The summed E-state index contributed by atoms with van der Waals surface area (Å²) in [4.78, 5) is 34.0. The van der Waals surface area contributed by atoms with Crippen molar-refractivity contribution < 1.29 is 22.7 Å². The van der Waals surface area contributed by atoms with E-state index in [1.807, 2.05) is 25.7 Å². The molecule has 0 saturated carbocycles. The van der Waals surface area contributed by atoms with Crippen LogP contribution in [0.25, 0.3) is 0 Å². The number of rotatable bonds is 4. The van der Waals surface area contributed by atoms with Crippen LogP contribution in [-0.4, -0.2) is 43.2 Å². The minimum absolute atomic E-state index is 0.0283. The number of hydrogen-bond acceptors (Lipinski definition) is 5. The summed E-state index contributed by atoms with van der Waals surface area (Å²) in [5.41, 5.74) is -1.18. The second kappa shape index (κ2) is 11.0. The number of H-pyrrole nitrogens is 1. The standard InChI is InChI=1S/C22H27F3N4O2.C2H6O/c1-13-9-10-29(12-13)20-26-16(11-17(30)27-20)19(31)28-18(21(2,3)4)14-5-7-15(8-6-14)22(23,24)25;1-3-2/h5-8,11,13,18H,9-10,12H2,1-4H3,(H,28,31)(H,26,27,30);1-2H3/t13?,18-;/m0./s1. The van der Waals surface area contributed by atoms with Gasteiger partial charge in [0.1, 0.15) is 5.69 Å². The predicted octanol–water partition coefficient (Wildman–Crippen LogP) is 4.41. The van der Waals surface area contributed by atoms with Crippen molar-refractivity contribution in [3.63, 3.8) is 0 Å². The van der Waals surface area contributed by atoms with Gasteiger partial charge in [-0.15, -0.1) is 0 Å². The third-order valence-electron chi connectivity index (χ3n) is 5.40. The zero-order valence-electron chi connectivity index (χ0n) is 20.4. The SMILES string of the molecule is CC1CCN(c2nc(C(=O)N[C@@H](c3ccc(C(F)(F)F)cc3)C(C)(C)C)cc(=O)[nH]2)C1.COC. The van der Waals surface area contributed by atoms with Crippen LogP contribution in [0.5, 0.6) is 0 Å². The molecule has 10 heteroatoms. The molecule has 2 atom stereocenters.